The Bertz CT molecular complexity index is 480. The van der Waals surface area contributed by atoms with E-state index in [4.69, 9.17) is 16.3 Å². The molecular weight excluding hydrogens is 265 g/mol. The van der Waals surface area contributed by atoms with Gasteiger partial charge in [0.1, 0.15) is 6.10 Å². The highest BCUT2D eigenvalue weighted by atomic mass is 35.5. The first-order valence-corrected chi connectivity index (χ1v) is 6.02. The average Bonchev–Trinajstić information content (AvgIpc) is 2.76. The molecule has 1 atom stereocenters. The normalized spacial score (nSPS) is 19.6. The zero-order valence-electron chi connectivity index (χ0n) is 9.72. The van der Waals surface area contributed by atoms with Crippen molar-refractivity contribution in [2.75, 3.05) is 0 Å². The first kappa shape index (κ1) is 13.3. The standard InChI is InChI=1S/C13H12ClF3O/c1-2-9-4-6-12(18-9)10-7-8(13(15,16)17)3-5-11(10)14/h3-5,7,12H,2,6H2,1H3. The minimum absolute atomic E-state index is 0.304. The first-order chi connectivity index (χ1) is 8.41. The van der Waals surface area contributed by atoms with Crippen molar-refractivity contribution in [1.82, 2.24) is 0 Å². The predicted octanol–water partition coefficient (Wildman–Crippen LogP) is 5.11. The van der Waals surface area contributed by atoms with Gasteiger partial charge in [0.15, 0.2) is 0 Å². The van der Waals surface area contributed by atoms with Gasteiger partial charge < -0.3 is 4.74 Å². The Hall–Kier alpha value is -1.16. The van der Waals surface area contributed by atoms with Crippen LogP contribution in [0.2, 0.25) is 5.02 Å². The van der Waals surface area contributed by atoms with E-state index in [0.29, 0.717) is 17.0 Å². The first-order valence-electron chi connectivity index (χ1n) is 5.64. The van der Waals surface area contributed by atoms with E-state index in [1.165, 1.54) is 6.07 Å². The van der Waals surface area contributed by atoms with Crippen LogP contribution in [0.4, 0.5) is 13.2 Å². The highest BCUT2D eigenvalue weighted by Gasteiger charge is 2.32. The molecule has 0 N–H and O–H groups in total. The van der Waals surface area contributed by atoms with Crippen LogP contribution in [0.25, 0.3) is 0 Å². The second-order valence-electron chi connectivity index (χ2n) is 4.10. The van der Waals surface area contributed by atoms with Crippen molar-refractivity contribution >= 4 is 11.6 Å². The summed E-state index contributed by atoms with van der Waals surface area (Å²) in [5.41, 5.74) is -0.304. The lowest BCUT2D eigenvalue weighted by Crippen LogP contribution is -2.07. The molecule has 1 heterocycles. The molecule has 18 heavy (non-hydrogen) atoms. The van der Waals surface area contributed by atoms with Gasteiger partial charge in [0.05, 0.1) is 11.3 Å². The van der Waals surface area contributed by atoms with Gasteiger partial charge in [-0.25, -0.2) is 0 Å². The summed E-state index contributed by atoms with van der Waals surface area (Å²) in [6.07, 6.45) is -1.59. The van der Waals surface area contributed by atoms with Gasteiger partial charge in [0.25, 0.3) is 0 Å². The number of ether oxygens (including phenoxy) is 1. The van der Waals surface area contributed by atoms with E-state index in [1.54, 1.807) is 0 Å². The van der Waals surface area contributed by atoms with E-state index in [-0.39, 0.29) is 0 Å². The number of allylic oxidation sites excluding steroid dienone is 1. The molecule has 0 aromatic heterocycles. The van der Waals surface area contributed by atoms with Gasteiger partial charge in [0, 0.05) is 23.4 Å². The molecule has 0 amide bonds. The average molecular weight is 277 g/mol. The van der Waals surface area contributed by atoms with Gasteiger partial charge in [0.2, 0.25) is 0 Å². The molecule has 0 aliphatic carbocycles. The fourth-order valence-corrected chi connectivity index (χ4v) is 2.14. The van der Waals surface area contributed by atoms with E-state index in [0.717, 1.165) is 24.3 Å². The maximum atomic E-state index is 12.6. The Labute approximate surface area is 108 Å². The fourth-order valence-electron chi connectivity index (χ4n) is 1.90. The molecule has 1 aromatic rings. The lowest BCUT2D eigenvalue weighted by molar-refractivity contribution is -0.137. The third kappa shape index (κ3) is 2.64. The molecule has 1 aliphatic heterocycles. The third-order valence-corrected chi connectivity index (χ3v) is 3.22. The number of benzene rings is 1. The second-order valence-corrected chi connectivity index (χ2v) is 4.51. The Morgan fingerprint density at radius 1 is 1.39 bits per heavy atom. The van der Waals surface area contributed by atoms with Crippen LogP contribution in [-0.4, -0.2) is 0 Å². The van der Waals surface area contributed by atoms with Crippen LogP contribution in [-0.2, 0) is 10.9 Å². The number of alkyl halides is 3. The maximum absolute atomic E-state index is 12.6. The zero-order valence-corrected chi connectivity index (χ0v) is 10.5. The summed E-state index contributed by atoms with van der Waals surface area (Å²) in [5.74, 6) is 0.800. The van der Waals surface area contributed by atoms with Gasteiger partial charge in [-0.3, -0.25) is 0 Å². The quantitative estimate of drug-likeness (QED) is 0.729. The Morgan fingerprint density at radius 3 is 2.67 bits per heavy atom. The molecule has 0 radical (unpaired) electrons. The van der Waals surface area contributed by atoms with Crippen LogP contribution in [0.15, 0.2) is 30.0 Å². The van der Waals surface area contributed by atoms with E-state index < -0.39 is 17.8 Å². The Balaban J connectivity index is 2.29. The molecule has 0 bridgehead atoms. The lowest BCUT2D eigenvalue weighted by atomic mass is 10.0. The van der Waals surface area contributed by atoms with Crippen LogP contribution in [0, 0.1) is 0 Å². The van der Waals surface area contributed by atoms with Crippen molar-refractivity contribution in [1.29, 1.82) is 0 Å². The minimum Gasteiger partial charge on any atom is -0.490 e. The summed E-state index contributed by atoms with van der Waals surface area (Å²) in [6, 6.07) is 3.32. The predicted molar refractivity (Wildman–Crippen MR) is 63.3 cm³/mol. The Morgan fingerprint density at radius 2 is 2.11 bits per heavy atom. The maximum Gasteiger partial charge on any atom is 0.416 e. The highest BCUT2D eigenvalue weighted by molar-refractivity contribution is 6.31. The van der Waals surface area contributed by atoms with Crippen LogP contribution < -0.4 is 0 Å². The molecule has 1 aromatic carbocycles. The molecule has 1 nitrogen and oxygen atoms in total. The van der Waals surface area contributed by atoms with Gasteiger partial charge in [-0.2, -0.15) is 13.2 Å². The number of hydrogen-bond donors (Lipinski definition) is 0. The summed E-state index contributed by atoms with van der Waals surface area (Å²) in [5, 5.41) is 0.304. The Kier molecular flexibility index (Phi) is 3.57. The van der Waals surface area contributed by atoms with Gasteiger partial charge in [-0.15, -0.1) is 0 Å². The minimum atomic E-state index is -4.36. The third-order valence-electron chi connectivity index (χ3n) is 2.87. The largest absolute Gasteiger partial charge is 0.490 e. The van der Waals surface area contributed by atoms with E-state index in [1.807, 2.05) is 13.0 Å². The molecule has 98 valence electrons. The lowest BCUT2D eigenvalue weighted by Gasteiger charge is -2.16. The van der Waals surface area contributed by atoms with Gasteiger partial charge >= 0.3 is 6.18 Å². The van der Waals surface area contributed by atoms with Crippen LogP contribution in [0.3, 0.4) is 0 Å². The van der Waals surface area contributed by atoms with E-state index in [2.05, 4.69) is 0 Å². The topological polar surface area (TPSA) is 9.23 Å². The number of hydrogen-bond acceptors (Lipinski definition) is 1. The summed E-state index contributed by atoms with van der Waals surface area (Å²) in [4.78, 5) is 0. The van der Waals surface area contributed by atoms with Crippen LogP contribution in [0.1, 0.15) is 37.0 Å². The molecule has 0 fully saturated rings. The molecule has 0 saturated heterocycles. The summed E-state index contributed by atoms with van der Waals surface area (Å²) < 4.78 is 43.5. The summed E-state index contributed by atoms with van der Waals surface area (Å²) >= 11 is 5.95. The molecule has 2 rings (SSSR count). The molecular formula is C13H12ClF3O. The number of halogens is 4. The van der Waals surface area contributed by atoms with Crippen molar-refractivity contribution in [2.45, 2.75) is 32.0 Å². The summed E-state index contributed by atoms with van der Waals surface area (Å²) in [7, 11) is 0. The summed E-state index contributed by atoms with van der Waals surface area (Å²) in [6.45, 7) is 1.93. The van der Waals surface area contributed by atoms with Crippen molar-refractivity contribution in [2.24, 2.45) is 0 Å². The molecule has 0 spiro atoms. The van der Waals surface area contributed by atoms with Crippen LogP contribution >= 0.6 is 11.6 Å². The van der Waals surface area contributed by atoms with E-state index >= 15 is 0 Å². The SMILES string of the molecule is CCC1=CCC(c2cc(C(F)(F)F)ccc2Cl)O1. The fraction of sp³-hybridized carbons (Fsp3) is 0.385. The molecule has 1 aliphatic rings. The van der Waals surface area contributed by atoms with E-state index in [9.17, 15) is 13.2 Å². The van der Waals surface area contributed by atoms with Gasteiger partial charge in [-0.1, -0.05) is 18.5 Å². The van der Waals surface area contributed by atoms with Gasteiger partial charge in [-0.05, 0) is 24.3 Å². The zero-order chi connectivity index (χ0) is 13.3. The van der Waals surface area contributed by atoms with Crippen LogP contribution in [0.5, 0.6) is 0 Å². The second kappa shape index (κ2) is 4.84. The molecule has 1 unspecified atom stereocenters. The van der Waals surface area contributed by atoms with Crippen molar-refractivity contribution < 1.29 is 17.9 Å². The van der Waals surface area contributed by atoms with Crippen molar-refractivity contribution in [3.05, 3.63) is 46.2 Å². The molecule has 0 saturated carbocycles. The highest BCUT2D eigenvalue weighted by Crippen LogP contribution is 2.39. The smallest absolute Gasteiger partial charge is 0.416 e. The number of rotatable bonds is 2. The molecule has 5 heteroatoms. The van der Waals surface area contributed by atoms with Crippen molar-refractivity contribution in [3.8, 4) is 0 Å². The van der Waals surface area contributed by atoms with Crippen molar-refractivity contribution in [3.63, 3.8) is 0 Å². The monoisotopic (exact) mass is 276 g/mol.